The number of carboxylic acids is 1. The zero-order valence-corrected chi connectivity index (χ0v) is 12.2. The highest BCUT2D eigenvalue weighted by atomic mass is 16.5. The van der Waals surface area contributed by atoms with Crippen molar-refractivity contribution in [1.29, 1.82) is 0 Å². The molecule has 1 rings (SSSR count). The van der Waals surface area contributed by atoms with Crippen molar-refractivity contribution in [3.05, 3.63) is 18.0 Å². The summed E-state index contributed by atoms with van der Waals surface area (Å²) >= 11 is 0. The Kier molecular flexibility index (Phi) is 6.12. The highest BCUT2D eigenvalue weighted by Gasteiger charge is 2.25. The third kappa shape index (κ3) is 5.04. The van der Waals surface area contributed by atoms with Crippen LogP contribution in [0.15, 0.2) is 12.4 Å². The Balaban J connectivity index is 2.67. The average molecular weight is 300 g/mol. The summed E-state index contributed by atoms with van der Waals surface area (Å²) in [7, 11) is 4.54. The Morgan fingerprint density at radius 2 is 2.24 bits per heavy atom. The van der Waals surface area contributed by atoms with Crippen molar-refractivity contribution < 1.29 is 24.5 Å². The van der Waals surface area contributed by atoms with Crippen LogP contribution in [0.2, 0.25) is 0 Å². The summed E-state index contributed by atoms with van der Waals surface area (Å²) in [5.74, 6) is -1.19. The fourth-order valence-corrected chi connectivity index (χ4v) is 1.75. The predicted molar refractivity (Wildman–Crippen MR) is 72.6 cm³/mol. The van der Waals surface area contributed by atoms with Gasteiger partial charge in [-0.1, -0.05) is 0 Å². The van der Waals surface area contributed by atoms with Gasteiger partial charge in [-0.3, -0.25) is 4.68 Å². The lowest BCUT2D eigenvalue weighted by atomic mass is 10.1. The summed E-state index contributed by atoms with van der Waals surface area (Å²) in [6.45, 7) is 0.113. The molecule has 2 unspecified atom stereocenters. The number of rotatable bonds is 7. The Bertz CT molecular complexity index is 490. The first-order valence-corrected chi connectivity index (χ1v) is 6.25. The van der Waals surface area contributed by atoms with Crippen molar-refractivity contribution in [3.63, 3.8) is 0 Å². The Morgan fingerprint density at radius 1 is 1.57 bits per heavy atom. The second kappa shape index (κ2) is 7.60. The van der Waals surface area contributed by atoms with Crippen LogP contribution < -0.4 is 5.32 Å². The van der Waals surface area contributed by atoms with Crippen molar-refractivity contribution in [2.75, 3.05) is 27.3 Å². The van der Waals surface area contributed by atoms with Crippen LogP contribution >= 0.6 is 0 Å². The summed E-state index contributed by atoms with van der Waals surface area (Å²) in [5, 5.41) is 25.0. The van der Waals surface area contributed by atoms with Crippen LogP contribution in [0.4, 0.5) is 4.79 Å². The number of nitrogens with one attached hydrogen (secondary N) is 1. The minimum atomic E-state index is -1.20. The second-order valence-electron chi connectivity index (χ2n) is 4.66. The molecule has 1 heterocycles. The van der Waals surface area contributed by atoms with E-state index in [1.54, 1.807) is 7.05 Å². The lowest BCUT2D eigenvalue weighted by Crippen LogP contribution is -2.45. The molecule has 0 radical (unpaired) electrons. The molecule has 2 atom stereocenters. The number of aryl methyl sites for hydroxylation is 1. The quantitative estimate of drug-likeness (QED) is 0.606. The molecular formula is C12H20N4O5. The number of aliphatic hydroxyl groups is 1. The van der Waals surface area contributed by atoms with Gasteiger partial charge in [0.1, 0.15) is 0 Å². The number of hydrogen-bond donors (Lipinski definition) is 3. The number of carboxylic acid groups (broad SMARTS) is 1. The Hall–Kier alpha value is -2.13. The van der Waals surface area contributed by atoms with E-state index >= 15 is 0 Å². The molecule has 0 aliphatic carbocycles. The Labute approximate surface area is 122 Å². The number of likely N-dealkylation sites (N-methyl/N-ethyl adjacent to an activating group) is 1. The van der Waals surface area contributed by atoms with Gasteiger partial charge < -0.3 is 25.2 Å². The highest BCUT2D eigenvalue weighted by Crippen LogP contribution is 2.12. The molecule has 0 aliphatic rings. The summed E-state index contributed by atoms with van der Waals surface area (Å²) in [6, 6.07) is -1.81. The maximum atomic E-state index is 12.0. The summed E-state index contributed by atoms with van der Waals surface area (Å²) < 4.78 is 6.21. The number of carbonyl (C=O) groups excluding carboxylic acids is 1. The van der Waals surface area contributed by atoms with Gasteiger partial charge in [-0.05, 0) is 0 Å². The van der Waals surface area contributed by atoms with Crippen LogP contribution in [0.1, 0.15) is 11.6 Å². The molecule has 0 spiro atoms. The zero-order chi connectivity index (χ0) is 16.0. The average Bonchev–Trinajstić information content (AvgIpc) is 2.81. The van der Waals surface area contributed by atoms with Crippen molar-refractivity contribution in [2.45, 2.75) is 12.1 Å². The smallest absolute Gasteiger partial charge is 0.331 e. The second-order valence-corrected chi connectivity index (χ2v) is 4.66. The molecule has 21 heavy (non-hydrogen) atoms. The van der Waals surface area contributed by atoms with Gasteiger partial charge in [0, 0.05) is 33.0 Å². The number of methoxy groups -OCH3 is 1. The van der Waals surface area contributed by atoms with Crippen LogP contribution in [0, 0.1) is 0 Å². The number of ether oxygens (including phenoxy) is 1. The van der Waals surface area contributed by atoms with Gasteiger partial charge in [-0.15, -0.1) is 0 Å². The topological polar surface area (TPSA) is 117 Å². The van der Waals surface area contributed by atoms with E-state index in [0.717, 1.165) is 0 Å². The number of nitrogens with zero attached hydrogens (tertiary/aromatic N) is 3. The van der Waals surface area contributed by atoms with Gasteiger partial charge in [0.25, 0.3) is 0 Å². The van der Waals surface area contributed by atoms with E-state index in [1.807, 2.05) is 0 Å². The first-order valence-electron chi connectivity index (χ1n) is 6.25. The lowest BCUT2D eigenvalue weighted by molar-refractivity contribution is -0.139. The van der Waals surface area contributed by atoms with Gasteiger partial charge in [0.2, 0.25) is 0 Å². The highest BCUT2D eigenvalue weighted by molar-refractivity contribution is 5.83. The SMILES string of the molecule is COCC(O)CN(C)C(=O)NC(C(=O)O)c1cnn(C)c1. The standard InChI is InChI=1S/C12H20N4O5/c1-15(6-9(17)7-21-3)12(20)14-10(11(18)19)8-4-13-16(2)5-8/h4-5,9-10,17H,6-7H2,1-3H3,(H,14,20)(H,18,19). The molecule has 0 aromatic carbocycles. The maximum Gasteiger partial charge on any atom is 0.331 e. The van der Waals surface area contributed by atoms with Crippen molar-refractivity contribution >= 4 is 12.0 Å². The molecule has 118 valence electrons. The molecule has 9 heteroatoms. The van der Waals surface area contributed by atoms with E-state index < -0.39 is 24.1 Å². The van der Waals surface area contributed by atoms with Crippen LogP contribution in [0.3, 0.4) is 0 Å². The molecule has 1 aromatic rings. The monoisotopic (exact) mass is 300 g/mol. The van der Waals surface area contributed by atoms with E-state index in [1.165, 1.54) is 36.1 Å². The molecule has 0 bridgehead atoms. The minimum absolute atomic E-state index is 0.0268. The third-order valence-corrected chi connectivity index (χ3v) is 2.76. The van der Waals surface area contributed by atoms with Gasteiger partial charge in [-0.2, -0.15) is 5.10 Å². The Morgan fingerprint density at radius 3 is 2.71 bits per heavy atom. The van der Waals surface area contributed by atoms with E-state index in [9.17, 15) is 19.8 Å². The van der Waals surface area contributed by atoms with E-state index in [2.05, 4.69) is 10.4 Å². The van der Waals surface area contributed by atoms with E-state index in [0.29, 0.717) is 5.56 Å². The van der Waals surface area contributed by atoms with Crippen molar-refractivity contribution in [2.24, 2.45) is 7.05 Å². The number of hydrogen-bond acceptors (Lipinski definition) is 5. The first-order chi connectivity index (χ1) is 9.85. The van der Waals surface area contributed by atoms with Gasteiger partial charge >= 0.3 is 12.0 Å². The third-order valence-electron chi connectivity index (χ3n) is 2.76. The molecule has 0 fully saturated rings. The number of aromatic nitrogens is 2. The lowest BCUT2D eigenvalue weighted by Gasteiger charge is -2.23. The first kappa shape index (κ1) is 16.9. The van der Waals surface area contributed by atoms with Crippen LogP contribution in [-0.4, -0.2) is 70.3 Å². The molecule has 0 aliphatic heterocycles. The molecule has 0 saturated carbocycles. The number of amides is 2. The fraction of sp³-hybridized carbons (Fsp3) is 0.583. The van der Waals surface area contributed by atoms with Crippen LogP contribution in [-0.2, 0) is 16.6 Å². The summed E-state index contributed by atoms with van der Waals surface area (Å²) in [5.41, 5.74) is 0.365. The predicted octanol–water partition coefficient (Wildman–Crippen LogP) is -0.805. The van der Waals surface area contributed by atoms with Crippen LogP contribution in [0.25, 0.3) is 0 Å². The zero-order valence-electron chi connectivity index (χ0n) is 12.2. The molecule has 1 aromatic heterocycles. The number of aliphatic carboxylic acids is 1. The van der Waals surface area contributed by atoms with Crippen LogP contribution in [0.5, 0.6) is 0 Å². The maximum absolute atomic E-state index is 12.0. The largest absolute Gasteiger partial charge is 0.479 e. The van der Waals surface area contributed by atoms with E-state index in [4.69, 9.17) is 4.74 Å². The molecule has 0 saturated heterocycles. The molecule has 2 amide bonds. The number of aliphatic hydroxyl groups excluding tert-OH is 1. The molecular weight excluding hydrogens is 280 g/mol. The minimum Gasteiger partial charge on any atom is -0.479 e. The van der Waals surface area contributed by atoms with E-state index in [-0.39, 0.29) is 13.2 Å². The van der Waals surface area contributed by atoms with Crippen molar-refractivity contribution in [1.82, 2.24) is 20.0 Å². The van der Waals surface area contributed by atoms with Gasteiger partial charge in [0.05, 0.1) is 25.5 Å². The normalized spacial score (nSPS) is 13.5. The van der Waals surface area contributed by atoms with Gasteiger partial charge in [0.15, 0.2) is 6.04 Å². The number of carbonyl (C=O) groups is 2. The number of urea groups is 1. The van der Waals surface area contributed by atoms with Gasteiger partial charge in [-0.25, -0.2) is 9.59 Å². The molecule has 9 nitrogen and oxygen atoms in total. The summed E-state index contributed by atoms with van der Waals surface area (Å²) in [6.07, 6.45) is 2.05. The fourth-order valence-electron chi connectivity index (χ4n) is 1.75. The summed E-state index contributed by atoms with van der Waals surface area (Å²) in [4.78, 5) is 24.4. The molecule has 3 N–H and O–H groups in total. The van der Waals surface area contributed by atoms with Crippen molar-refractivity contribution in [3.8, 4) is 0 Å².